The van der Waals surface area contributed by atoms with Crippen LogP contribution < -0.4 is 5.19 Å². The quantitative estimate of drug-likeness (QED) is 0.251. The largest absolute Gasteiger partial charge is 0.235 e. The zero-order chi connectivity index (χ0) is 23.4. The molecule has 0 amide bonds. The summed E-state index contributed by atoms with van der Waals surface area (Å²) in [6, 6.07) is 20.1. The molecule has 0 unspecified atom stereocenters. The molecule has 1 saturated carbocycles. The summed E-state index contributed by atoms with van der Waals surface area (Å²) < 4.78 is 10.8. The molecule has 2 heterocycles. The van der Waals surface area contributed by atoms with E-state index < -0.39 is 8.07 Å². The van der Waals surface area contributed by atoms with Crippen LogP contribution in [0.4, 0.5) is 0 Å². The molecule has 3 aromatic carbocycles. The molecule has 6 rings (SSSR count). The van der Waals surface area contributed by atoms with Crippen LogP contribution >= 0.6 is 11.3 Å². The molecule has 0 radical (unpaired) electrons. The molecule has 0 N–H and O–H groups in total. The van der Waals surface area contributed by atoms with E-state index in [1.165, 1.54) is 58.3 Å². The summed E-state index contributed by atoms with van der Waals surface area (Å²) in [6.45, 7) is 7.19. The molecule has 5 aromatic rings. The van der Waals surface area contributed by atoms with Gasteiger partial charge in [-0.05, 0) is 40.8 Å². The van der Waals surface area contributed by atoms with Crippen LogP contribution in [0, 0.1) is 5.92 Å². The maximum Gasteiger partial charge on any atom is 0.116 e. The van der Waals surface area contributed by atoms with Crippen molar-refractivity contribution < 1.29 is 1.37 Å². The third-order valence-electron chi connectivity index (χ3n) is 7.21. The fraction of sp³-hybridized carbons (Fsp3) is 0.310. The fourth-order valence-electron chi connectivity index (χ4n) is 5.51. The lowest BCUT2D eigenvalue weighted by Gasteiger charge is -2.21. The molecular weight excluding hydrogens is 436 g/mol. The third kappa shape index (κ3) is 3.79. The van der Waals surface area contributed by atoms with Crippen molar-refractivity contribution in [2.45, 2.75) is 51.7 Å². The van der Waals surface area contributed by atoms with E-state index in [1.807, 2.05) is 0 Å². The third-order valence-corrected chi connectivity index (χ3v) is 10.4. The van der Waals surface area contributed by atoms with Gasteiger partial charge in [0.1, 0.15) is 7.67 Å². The normalized spacial score (nSPS) is 15.7. The number of hydrogen-bond acceptors (Lipinski definition) is 3. The molecule has 1 fully saturated rings. The van der Waals surface area contributed by atoms with Gasteiger partial charge in [0.25, 0.3) is 0 Å². The Hall–Kier alpha value is -2.56. The number of fused-ring (bicyclic) bond motifs is 4. The summed E-state index contributed by atoms with van der Waals surface area (Å²) in [5.74, 6) is 0.833. The monoisotopic (exact) mass is 467 g/mol. The number of aromatic nitrogens is 2. The first-order valence-corrected chi connectivity index (χ1v) is 16.4. The summed E-state index contributed by atoms with van der Waals surface area (Å²) >= 11 is 1.79. The van der Waals surface area contributed by atoms with Crippen LogP contribution in [0.15, 0.2) is 60.9 Å². The Labute approximate surface area is 202 Å². The molecule has 0 spiro atoms. The Morgan fingerprint density at radius 3 is 2.61 bits per heavy atom. The second-order valence-corrected chi connectivity index (χ2v) is 16.7. The van der Waals surface area contributed by atoms with Crippen LogP contribution in [-0.2, 0) is 6.42 Å². The van der Waals surface area contributed by atoms with Crippen LogP contribution in [0.2, 0.25) is 19.6 Å². The second kappa shape index (κ2) is 8.03. The lowest BCUT2D eigenvalue weighted by molar-refractivity contribution is 0.547. The first kappa shape index (κ1) is 19.9. The number of hydrogen-bond donors (Lipinski definition) is 0. The van der Waals surface area contributed by atoms with Crippen LogP contribution in [0.1, 0.15) is 32.6 Å². The molecule has 33 heavy (non-hydrogen) atoms. The van der Waals surface area contributed by atoms with Gasteiger partial charge in [-0.25, -0.2) is 9.97 Å². The Morgan fingerprint density at radius 1 is 0.970 bits per heavy atom. The summed E-state index contributed by atoms with van der Waals surface area (Å²) in [5, 5.41) is 5.18. The summed E-state index contributed by atoms with van der Waals surface area (Å²) in [4.78, 5) is 9.27. The van der Waals surface area contributed by atoms with Crippen LogP contribution in [-0.4, -0.2) is 18.0 Å². The van der Waals surface area contributed by atoms with E-state index in [9.17, 15) is 0 Å². The van der Waals surface area contributed by atoms with Gasteiger partial charge in [0.2, 0.25) is 0 Å². The molecular formula is C29H30N2SSi. The molecule has 166 valence electrons. The summed E-state index contributed by atoms with van der Waals surface area (Å²) in [7, 11) is -1.59. The highest BCUT2D eigenvalue weighted by Crippen LogP contribution is 2.39. The smallest absolute Gasteiger partial charge is 0.116 e. The molecule has 2 nitrogen and oxygen atoms in total. The number of rotatable bonds is 4. The minimum Gasteiger partial charge on any atom is -0.235 e. The van der Waals surface area contributed by atoms with Crippen LogP contribution in [0.5, 0.6) is 0 Å². The van der Waals surface area contributed by atoms with Crippen LogP contribution in [0.25, 0.3) is 42.3 Å². The Morgan fingerprint density at radius 2 is 1.79 bits per heavy atom. The first-order chi connectivity index (χ1) is 16.4. The molecule has 1 aliphatic rings. The lowest BCUT2D eigenvalue weighted by atomic mass is 9.97. The van der Waals surface area contributed by atoms with Gasteiger partial charge in [-0.1, -0.05) is 93.0 Å². The van der Waals surface area contributed by atoms with Gasteiger partial charge in [-0.2, -0.15) is 0 Å². The minimum atomic E-state index is -1.59. The maximum absolute atomic E-state index is 8.40. The topological polar surface area (TPSA) is 25.8 Å². The number of benzene rings is 3. The number of nitrogens with zero attached hydrogens (tertiary/aromatic N) is 2. The zero-order valence-electron chi connectivity index (χ0n) is 20.6. The van der Waals surface area contributed by atoms with Crippen molar-refractivity contribution in [3.8, 4) is 11.3 Å². The van der Waals surface area contributed by atoms with Crippen molar-refractivity contribution in [2.75, 3.05) is 0 Å². The van der Waals surface area contributed by atoms with E-state index in [2.05, 4.69) is 84.2 Å². The van der Waals surface area contributed by atoms with E-state index >= 15 is 0 Å². The Kier molecular flexibility index (Phi) is 4.84. The molecule has 4 heteroatoms. The molecule has 2 aromatic heterocycles. The average molecular weight is 468 g/mol. The Balaban J connectivity index is 1.55. The molecule has 0 bridgehead atoms. The predicted octanol–water partition coefficient (Wildman–Crippen LogP) is 7.94. The molecule has 0 atom stereocenters. The van der Waals surface area contributed by atoms with Gasteiger partial charge in [-0.3, -0.25) is 0 Å². The zero-order valence-corrected chi connectivity index (χ0v) is 21.4. The van der Waals surface area contributed by atoms with E-state index in [-0.39, 0.29) is 6.30 Å². The molecule has 0 saturated heterocycles. The average Bonchev–Trinajstić information content (AvgIpc) is 3.44. The van der Waals surface area contributed by atoms with Gasteiger partial charge in [0, 0.05) is 15.6 Å². The highest BCUT2D eigenvalue weighted by atomic mass is 32.1. The maximum atomic E-state index is 8.40. The highest BCUT2D eigenvalue weighted by molar-refractivity contribution is 7.26. The van der Waals surface area contributed by atoms with Gasteiger partial charge in [0.15, 0.2) is 0 Å². The predicted molar refractivity (Wildman–Crippen MR) is 147 cm³/mol. The standard InChI is InChI=1S/C29H30N2SSi/c1-33(2,3)26-17-22(16-21-10-6-7-11-23(21)26)27-29-28(31-18-30-27)24-13-12-20(15-25(24)32-29)14-19-8-4-5-9-19/h6-7,10-13,15-19H,4-5,8-9,14H2,1-3H3/i18D. The second-order valence-electron chi connectivity index (χ2n) is 10.6. The van der Waals surface area contributed by atoms with Crippen molar-refractivity contribution in [2.24, 2.45) is 5.92 Å². The van der Waals surface area contributed by atoms with Gasteiger partial charge >= 0.3 is 0 Å². The lowest BCUT2D eigenvalue weighted by Crippen LogP contribution is -2.38. The van der Waals surface area contributed by atoms with Gasteiger partial charge < -0.3 is 0 Å². The SMILES string of the molecule is [2H]c1nc(-c2cc([Si](C)(C)C)c3ccccc3c2)c2sc3cc(CC4CCCC4)ccc3c2n1. The van der Waals surface area contributed by atoms with Crippen LogP contribution in [0.3, 0.4) is 0 Å². The van der Waals surface area contributed by atoms with Crippen molar-refractivity contribution in [1.82, 2.24) is 9.97 Å². The molecule has 0 aliphatic heterocycles. The fourth-order valence-corrected chi connectivity index (χ4v) is 8.35. The molecule has 1 aliphatic carbocycles. The first-order valence-electron chi connectivity index (χ1n) is 12.6. The van der Waals surface area contributed by atoms with Crippen molar-refractivity contribution in [3.05, 3.63) is 66.5 Å². The van der Waals surface area contributed by atoms with Gasteiger partial charge in [0.05, 0.1) is 24.0 Å². The van der Waals surface area contributed by atoms with Crippen molar-refractivity contribution in [1.29, 1.82) is 0 Å². The van der Waals surface area contributed by atoms with Crippen molar-refractivity contribution >= 4 is 55.7 Å². The Bertz CT molecular complexity index is 1540. The van der Waals surface area contributed by atoms with E-state index in [1.54, 1.807) is 11.3 Å². The van der Waals surface area contributed by atoms with E-state index in [0.717, 1.165) is 32.8 Å². The van der Waals surface area contributed by atoms with Gasteiger partial charge in [-0.15, -0.1) is 11.3 Å². The highest BCUT2D eigenvalue weighted by Gasteiger charge is 2.22. The summed E-state index contributed by atoms with van der Waals surface area (Å²) in [6.07, 6.45) is 6.77. The minimum absolute atomic E-state index is 0.0972. The number of thiophene rings is 1. The summed E-state index contributed by atoms with van der Waals surface area (Å²) in [5.41, 5.74) is 4.36. The van der Waals surface area contributed by atoms with Crippen molar-refractivity contribution in [3.63, 3.8) is 0 Å². The van der Waals surface area contributed by atoms with E-state index in [4.69, 9.17) is 1.37 Å². The van der Waals surface area contributed by atoms with E-state index in [0.29, 0.717) is 0 Å².